The number of fused-ring (bicyclic) bond motifs is 3. The second kappa shape index (κ2) is 11.4. The fourth-order valence-electron chi connectivity index (χ4n) is 6.19. The average Bonchev–Trinajstić information content (AvgIpc) is 3.34. The van der Waals surface area contributed by atoms with Gasteiger partial charge < -0.3 is 29.7 Å². The minimum absolute atomic E-state index is 0.0391. The van der Waals surface area contributed by atoms with E-state index in [1.807, 2.05) is 20.9 Å². The molecule has 0 bridgehead atoms. The van der Waals surface area contributed by atoms with Crippen molar-refractivity contribution in [2.45, 2.75) is 78.0 Å². The molecule has 1 aromatic heterocycles. The van der Waals surface area contributed by atoms with E-state index in [1.165, 1.54) is 18.5 Å². The molecule has 2 fully saturated rings. The number of piperidine rings is 1. The second-order valence-electron chi connectivity index (χ2n) is 11.0. The largest absolute Gasteiger partial charge is 0.489 e. The monoisotopic (exact) mass is 521 g/mol. The smallest absolute Gasteiger partial charge is 0.229 e. The Morgan fingerprint density at radius 3 is 2.61 bits per heavy atom. The van der Waals surface area contributed by atoms with Gasteiger partial charge >= 0.3 is 0 Å². The molecule has 1 N–H and O–H groups in total. The number of carbonyl (C=O) groups is 1. The molecule has 1 amide bonds. The van der Waals surface area contributed by atoms with Crippen LogP contribution < -0.4 is 24.8 Å². The molecule has 3 aliphatic heterocycles. The standard InChI is InChI=1S/C29H43N7O2/c1-6-34(7-2)21-12-15-35(16-13-21)22-10-11-24(26(17-22)38-20(3)4)31-29-30-19-25-28(32-29)36-14-8-9-23(36)18-27(37)33(25)5/h10-11,17,19-21,23H,6-9,12-16,18H2,1-5H3,(H,30,31,32)/t23-/m0/s1. The quantitative estimate of drug-likeness (QED) is 0.538. The van der Waals surface area contributed by atoms with E-state index >= 15 is 0 Å². The minimum atomic E-state index is 0.0391. The van der Waals surface area contributed by atoms with Crippen molar-refractivity contribution < 1.29 is 9.53 Å². The van der Waals surface area contributed by atoms with Gasteiger partial charge in [0.05, 0.1) is 18.0 Å². The topological polar surface area (TPSA) is 77.1 Å². The number of aromatic nitrogens is 2. The van der Waals surface area contributed by atoms with Crippen LogP contribution in [0.5, 0.6) is 5.75 Å². The first-order valence-corrected chi connectivity index (χ1v) is 14.3. The lowest BCUT2D eigenvalue weighted by molar-refractivity contribution is -0.118. The van der Waals surface area contributed by atoms with E-state index in [2.05, 4.69) is 57.0 Å². The summed E-state index contributed by atoms with van der Waals surface area (Å²) in [5, 5.41) is 3.42. The molecule has 5 rings (SSSR count). The van der Waals surface area contributed by atoms with Gasteiger partial charge in [-0.15, -0.1) is 0 Å². The van der Waals surface area contributed by atoms with Gasteiger partial charge in [0.1, 0.15) is 11.4 Å². The maximum atomic E-state index is 12.7. The Morgan fingerprint density at radius 2 is 1.89 bits per heavy atom. The van der Waals surface area contributed by atoms with Crippen LogP contribution in [0.4, 0.5) is 28.8 Å². The normalized spacial score (nSPS) is 20.1. The Hall–Kier alpha value is -3.07. The highest BCUT2D eigenvalue weighted by Gasteiger charge is 2.35. The van der Waals surface area contributed by atoms with E-state index in [4.69, 9.17) is 9.72 Å². The Morgan fingerprint density at radius 1 is 1.13 bits per heavy atom. The molecule has 0 unspecified atom stereocenters. The lowest BCUT2D eigenvalue weighted by Gasteiger charge is -2.39. The van der Waals surface area contributed by atoms with Crippen molar-refractivity contribution >= 4 is 34.7 Å². The summed E-state index contributed by atoms with van der Waals surface area (Å²) in [6.45, 7) is 13.8. The average molecular weight is 522 g/mol. The van der Waals surface area contributed by atoms with Gasteiger partial charge in [-0.1, -0.05) is 13.8 Å². The molecule has 4 heterocycles. The Balaban J connectivity index is 1.37. The van der Waals surface area contributed by atoms with Gasteiger partial charge in [-0.25, -0.2) is 4.98 Å². The zero-order chi connectivity index (χ0) is 26.8. The molecule has 0 saturated carbocycles. The fraction of sp³-hybridized carbons (Fsp3) is 0.621. The number of rotatable bonds is 8. The number of amides is 1. The van der Waals surface area contributed by atoms with Crippen molar-refractivity contribution in [2.75, 3.05) is 59.8 Å². The molecule has 9 heteroatoms. The summed E-state index contributed by atoms with van der Waals surface area (Å²) >= 11 is 0. The number of benzene rings is 1. The minimum Gasteiger partial charge on any atom is -0.489 e. The SMILES string of the molecule is CCN(CC)C1CCN(c2ccc(Nc3ncc4c(n3)N3CCC[C@H]3CC(=O)N4C)c(OC(C)C)c2)CC1. The van der Waals surface area contributed by atoms with Crippen LogP contribution in [-0.2, 0) is 4.79 Å². The predicted molar refractivity (Wildman–Crippen MR) is 154 cm³/mol. The van der Waals surface area contributed by atoms with E-state index in [9.17, 15) is 4.79 Å². The molecule has 3 aliphatic rings. The highest BCUT2D eigenvalue weighted by molar-refractivity contribution is 5.97. The van der Waals surface area contributed by atoms with Crippen LogP contribution in [0.2, 0.25) is 0 Å². The molecule has 2 aromatic rings. The number of nitrogens with one attached hydrogen (secondary N) is 1. The molecule has 2 saturated heterocycles. The number of hydrogen-bond donors (Lipinski definition) is 1. The van der Waals surface area contributed by atoms with Gasteiger partial charge in [-0.3, -0.25) is 4.79 Å². The zero-order valence-electron chi connectivity index (χ0n) is 23.6. The number of hydrogen-bond acceptors (Lipinski definition) is 8. The molecule has 9 nitrogen and oxygen atoms in total. The summed E-state index contributed by atoms with van der Waals surface area (Å²) in [5.74, 6) is 2.26. The van der Waals surface area contributed by atoms with Gasteiger partial charge in [0.2, 0.25) is 11.9 Å². The Bertz CT molecular complexity index is 1130. The first kappa shape index (κ1) is 26.5. The van der Waals surface area contributed by atoms with Gasteiger partial charge in [0.25, 0.3) is 0 Å². The predicted octanol–water partition coefficient (Wildman–Crippen LogP) is 4.65. The lowest BCUT2D eigenvalue weighted by Crippen LogP contribution is -2.44. The third-order valence-corrected chi connectivity index (χ3v) is 8.28. The van der Waals surface area contributed by atoms with E-state index in [-0.39, 0.29) is 18.1 Å². The maximum absolute atomic E-state index is 12.7. The van der Waals surface area contributed by atoms with Crippen LogP contribution in [-0.4, -0.2) is 78.7 Å². The van der Waals surface area contributed by atoms with Crippen molar-refractivity contribution in [3.8, 4) is 5.75 Å². The van der Waals surface area contributed by atoms with Crippen molar-refractivity contribution in [3.63, 3.8) is 0 Å². The summed E-state index contributed by atoms with van der Waals surface area (Å²) in [6, 6.07) is 7.27. The molecule has 38 heavy (non-hydrogen) atoms. The van der Waals surface area contributed by atoms with Crippen molar-refractivity contribution in [2.24, 2.45) is 0 Å². The number of anilines is 5. The summed E-state index contributed by atoms with van der Waals surface area (Å²) in [5.41, 5.74) is 2.80. The summed E-state index contributed by atoms with van der Waals surface area (Å²) in [4.78, 5) is 31.2. The van der Waals surface area contributed by atoms with Crippen LogP contribution in [0.1, 0.15) is 59.8 Å². The molecular formula is C29H43N7O2. The molecule has 206 valence electrons. The maximum Gasteiger partial charge on any atom is 0.229 e. The van der Waals surface area contributed by atoms with Crippen LogP contribution in [0, 0.1) is 0 Å². The van der Waals surface area contributed by atoms with Gasteiger partial charge in [0.15, 0.2) is 5.82 Å². The summed E-state index contributed by atoms with van der Waals surface area (Å²) < 4.78 is 6.26. The third-order valence-electron chi connectivity index (χ3n) is 8.28. The van der Waals surface area contributed by atoms with E-state index in [0.29, 0.717) is 18.4 Å². The van der Waals surface area contributed by atoms with Gasteiger partial charge in [0, 0.05) is 56.9 Å². The van der Waals surface area contributed by atoms with Crippen molar-refractivity contribution in [1.29, 1.82) is 0 Å². The first-order valence-electron chi connectivity index (χ1n) is 14.3. The van der Waals surface area contributed by atoms with E-state index < -0.39 is 0 Å². The molecular weight excluding hydrogens is 478 g/mol. The second-order valence-corrected chi connectivity index (χ2v) is 11.0. The Kier molecular flexibility index (Phi) is 7.93. The van der Waals surface area contributed by atoms with Gasteiger partial charge in [-0.05, 0) is 64.8 Å². The summed E-state index contributed by atoms with van der Waals surface area (Å²) in [6.07, 6.45) is 6.78. The van der Waals surface area contributed by atoms with E-state index in [0.717, 1.165) is 68.5 Å². The van der Waals surface area contributed by atoms with Crippen molar-refractivity contribution in [1.82, 2.24) is 14.9 Å². The van der Waals surface area contributed by atoms with E-state index in [1.54, 1.807) is 11.1 Å². The highest BCUT2D eigenvalue weighted by Crippen LogP contribution is 2.39. The molecule has 1 aromatic carbocycles. The lowest BCUT2D eigenvalue weighted by atomic mass is 10.0. The fourth-order valence-corrected chi connectivity index (χ4v) is 6.19. The molecule has 0 radical (unpaired) electrons. The molecule has 0 spiro atoms. The molecule has 0 aliphatic carbocycles. The van der Waals surface area contributed by atoms with Crippen LogP contribution >= 0.6 is 0 Å². The van der Waals surface area contributed by atoms with Crippen molar-refractivity contribution in [3.05, 3.63) is 24.4 Å². The Labute approximate surface area is 227 Å². The van der Waals surface area contributed by atoms with Gasteiger partial charge in [-0.2, -0.15) is 4.98 Å². The third kappa shape index (κ3) is 5.39. The summed E-state index contributed by atoms with van der Waals surface area (Å²) in [7, 11) is 1.82. The number of carbonyl (C=O) groups excluding carboxylic acids is 1. The number of ether oxygens (including phenoxy) is 1. The molecule has 1 atom stereocenters. The first-order chi connectivity index (χ1) is 18.4. The van der Waals surface area contributed by atoms with Crippen LogP contribution in [0.25, 0.3) is 0 Å². The number of nitrogens with zero attached hydrogens (tertiary/aromatic N) is 6. The zero-order valence-corrected chi connectivity index (χ0v) is 23.6. The van der Waals surface area contributed by atoms with Crippen LogP contribution in [0.3, 0.4) is 0 Å². The van der Waals surface area contributed by atoms with Crippen LogP contribution in [0.15, 0.2) is 24.4 Å². The highest BCUT2D eigenvalue weighted by atomic mass is 16.5.